The third-order valence-electron chi connectivity index (χ3n) is 5.99. The van der Waals surface area contributed by atoms with Crippen LogP contribution in [-0.2, 0) is 23.7 Å². The Morgan fingerprint density at radius 3 is 1.06 bits per heavy atom. The van der Waals surface area contributed by atoms with Gasteiger partial charge in [0, 0.05) is 33.0 Å². The molecule has 0 saturated heterocycles. The third kappa shape index (κ3) is 10.2. The molecule has 1 fully saturated rings. The highest BCUT2D eigenvalue weighted by Gasteiger charge is 2.50. The molecule has 1 saturated carbocycles. The van der Waals surface area contributed by atoms with Crippen molar-refractivity contribution in [3.63, 3.8) is 0 Å². The van der Waals surface area contributed by atoms with E-state index in [1.54, 1.807) is 0 Å². The molecule has 0 heterocycles. The standard InChI is InChI=1S/C27H52O5/c1-7-12-17-28-23-22(6)24(29-18-13-8-2)26(31-20-15-10-4)27(32-21-16-11-5)25(23)30-19-14-9-3/h23-27H,6-21H2,1-5H3/t23?,24?,25-,26?,27?/m1/s1. The zero-order chi connectivity index (χ0) is 23.6. The Hall–Kier alpha value is -0.460. The van der Waals surface area contributed by atoms with Gasteiger partial charge >= 0.3 is 0 Å². The summed E-state index contributed by atoms with van der Waals surface area (Å²) in [5.74, 6) is 0. The summed E-state index contributed by atoms with van der Waals surface area (Å²) < 4.78 is 32.1. The molecular formula is C27H52O5. The van der Waals surface area contributed by atoms with Gasteiger partial charge in [-0.2, -0.15) is 0 Å². The predicted molar refractivity (Wildman–Crippen MR) is 132 cm³/mol. The second-order valence-corrected chi connectivity index (χ2v) is 8.93. The minimum absolute atomic E-state index is 0.222. The first-order valence-electron chi connectivity index (χ1n) is 13.4. The molecule has 4 unspecified atom stereocenters. The highest BCUT2D eigenvalue weighted by Crippen LogP contribution is 2.35. The second kappa shape index (κ2) is 18.9. The number of hydrogen-bond donors (Lipinski definition) is 0. The van der Waals surface area contributed by atoms with Gasteiger partial charge in [-0.05, 0) is 37.7 Å². The molecule has 0 radical (unpaired) electrons. The molecule has 190 valence electrons. The first kappa shape index (κ1) is 29.6. The molecule has 0 amide bonds. The first-order chi connectivity index (χ1) is 15.7. The summed E-state index contributed by atoms with van der Waals surface area (Å²) in [4.78, 5) is 0. The van der Waals surface area contributed by atoms with Crippen molar-refractivity contribution in [3.05, 3.63) is 12.2 Å². The Morgan fingerprint density at radius 2 is 0.750 bits per heavy atom. The van der Waals surface area contributed by atoms with Crippen molar-refractivity contribution >= 4 is 0 Å². The van der Waals surface area contributed by atoms with Gasteiger partial charge in [0.1, 0.15) is 30.5 Å². The quantitative estimate of drug-likeness (QED) is 0.155. The summed E-state index contributed by atoms with van der Waals surface area (Å²) >= 11 is 0. The van der Waals surface area contributed by atoms with E-state index in [1.807, 2.05) is 0 Å². The Kier molecular flexibility index (Phi) is 17.5. The van der Waals surface area contributed by atoms with Crippen LogP contribution in [0.5, 0.6) is 0 Å². The van der Waals surface area contributed by atoms with E-state index in [4.69, 9.17) is 23.7 Å². The summed E-state index contributed by atoms with van der Waals surface area (Å²) in [7, 11) is 0. The Balaban J connectivity index is 3.18. The zero-order valence-corrected chi connectivity index (χ0v) is 21.7. The molecule has 5 nitrogen and oxygen atoms in total. The van der Waals surface area contributed by atoms with E-state index >= 15 is 0 Å². The van der Waals surface area contributed by atoms with Crippen LogP contribution in [0.15, 0.2) is 12.2 Å². The van der Waals surface area contributed by atoms with Crippen LogP contribution in [0.25, 0.3) is 0 Å². The van der Waals surface area contributed by atoms with Crippen molar-refractivity contribution in [3.8, 4) is 0 Å². The molecule has 0 spiro atoms. The van der Waals surface area contributed by atoms with Gasteiger partial charge in [0.05, 0.1) is 0 Å². The number of rotatable bonds is 20. The highest BCUT2D eigenvalue weighted by molar-refractivity contribution is 5.22. The van der Waals surface area contributed by atoms with Crippen LogP contribution in [0.4, 0.5) is 0 Å². The smallest absolute Gasteiger partial charge is 0.116 e. The van der Waals surface area contributed by atoms with Gasteiger partial charge in [-0.3, -0.25) is 0 Å². The van der Waals surface area contributed by atoms with E-state index in [-0.39, 0.29) is 30.5 Å². The Morgan fingerprint density at radius 1 is 0.469 bits per heavy atom. The fourth-order valence-corrected chi connectivity index (χ4v) is 3.87. The lowest BCUT2D eigenvalue weighted by molar-refractivity contribution is -0.218. The maximum absolute atomic E-state index is 6.48. The van der Waals surface area contributed by atoms with E-state index in [1.165, 1.54) is 0 Å². The van der Waals surface area contributed by atoms with E-state index in [2.05, 4.69) is 41.2 Å². The maximum Gasteiger partial charge on any atom is 0.116 e. The van der Waals surface area contributed by atoms with Crippen molar-refractivity contribution in [2.45, 2.75) is 129 Å². The van der Waals surface area contributed by atoms with Crippen LogP contribution in [0.3, 0.4) is 0 Å². The van der Waals surface area contributed by atoms with Gasteiger partial charge < -0.3 is 23.7 Å². The fraction of sp³-hybridized carbons (Fsp3) is 0.926. The van der Waals surface area contributed by atoms with Crippen LogP contribution in [0.1, 0.15) is 98.8 Å². The van der Waals surface area contributed by atoms with E-state index < -0.39 is 0 Å². The van der Waals surface area contributed by atoms with Gasteiger partial charge in [0.2, 0.25) is 0 Å². The van der Waals surface area contributed by atoms with Gasteiger partial charge in [-0.25, -0.2) is 0 Å². The Bertz CT molecular complexity index is 421. The summed E-state index contributed by atoms with van der Waals surface area (Å²) in [5.41, 5.74) is 0.940. The first-order valence-corrected chi connectivity index (χ1v) is 13.4. The SMILES string of the molecule is C=C1C(OCCCC)C(OCCCC)C(OCCCC)[C@H](OCCCC)C1OCCCC. The lowest BCUT2D eigenvalue weighted by atomic mass is 9.82. The van der Waals surface area contributed by atoms with Crippen LogP contribution in [-0.4, -0.2) is 63.6 Å². The molecule has 1 aliphatic rings. The van der Waals surface area contributed by atoms with Gasteiger partial charge in [0.15, 0.2) is 0 Å². The van der Waals surface area contributed by atoms with Crippen LogP contribution in [0, 0.1) is 0 Å². The predicted octanol–water partition coefficient (Wildman–Crippen LogP) is 6.48. The molecule has 0 bridgehead atoms. The van der Waals surface area contributed by atoms with Crippen LogP contribution < -0.4 is 0 Å². The fourth-order valence-electron chi connectivity index (χ4n) is 3.87. The van der Waals surface area contributed by atoms with E-state index in [0.29, 0.717) is 33.0 Å². The summed E-state index contributed by atoms with van der Waals surface area (Å²) in [6.45, 7) is 18.8. The summed E-state index contributed by atoms with van der Waals surface area (Å²) in [5, 5.41) is 0. The molecule has 0 N–H and O–H groups in total. The van der Waals surface area contributed by atoms with Crippen LogP contribution >= 0.6 is 0 Å². The van der Waals surface area contributed by atoms with Gasteiger partial charge in [0.25, 0.3) is 0 Å². The van der Waals surface area contributed by atoms with Crippen molar-refractivity contribution in [2.75, 3.05) is 33.0 Å². The molecule has 32 heavy (non-hydrogen) atoms. The average Bonchev–Trinajstić information content (AvgIpc) is 2.79. The molecule has 0 aliphatic heterocycles. The number of unbranched alkanes of at least 4 members (excludes halogenated alkanes) is 5. The molecule has 0 aromatic carbocycles. The van der Waals surface area contributed by atoms with Gasteiger partial charge in [-0.15, -0.1) is 0 Å². The molecule has 0 aromatic heterocycles. The normalized spacial score (nSPS) is 26.0. The molecule has 5 atom stereocenters. The van der Waals surface area contributed by atoms with Crippen molar-refractivity contribution in [1.29, 1.82) is 0 Å². The average molecular weight is 457 g/mol. The second-order valence-electron chi connectivity index (χ2n) is 8.93. The number of ether oxygens (including phenoxy) is 5. The van der Waals surface area contributed by atoms with E-state index in [0.717, 1.165) is 69.8 Å². The topological polar surface area (TPSA) is 46.2 Å². The van der Waals surface area contributed by atoms with Gasteiger partial charge in [-0.1, -0.05) is 73.3 Å². The van der Waals surface area contributed by atoms with Crippen molar-refractivity contribution in [1.82, 2.24) is 0 Å². The molecule has 5 heteroatoms. The summed E-state index contributed by atoms with van der Waals surface area (Å²) in [6, 6.07) is 0. The summed E-state index contributed by atoms with van der Waals surface area (Å²) in [6.07, 6.45) is 9.42. The third-order valence-corrected chi connectivity index (χ3v) is 5.99. The monoisotopic (exact) mass is 456 g/mol. The van der Waals surface area contributed by atoms with Crippen molar-refractivity contribution < 1.29 is 23.7 Å². The lowest BCUT2D eigenvalue weighted by Gasteiger charge is -2.47. The molecule has 0 aromatic rings. The number of hydrogen-bond acceptors (Lipinski definition) is 5. The minimum atomic E-state index is -0.234. The van der Waals surface area contributed by atoms with Crippen LogP contribution in [0.2, 0.25) is 0 Å². The lowest BCUT2D eigenvalue weighted by Crippen LogP contribution is -2.61. The molecule has 1 rings (SSSR count). The maximum atomic E-state index is 6.48. The largest absolute Gasteiger partial charge is 0.373 e. The molecular weight excluding hydrogens is 404 g/mol. The molecule has 1 aliphatic carbocycles. The Labute approximate surface area is 198 Å². The van der Waals surface area contributed by atoms with E-state index in [9.17, 15) is 0 Å². The minimum Gasteiger partial charge on any atom is -0.373 e. The highest BCUT2D eigenvalue weighted by atomic mass is 16.6. The zero-order valence-electron chi connectivity index (χ0n) is 21.7. The van der Waals surface area contributed by atoms with Crippen molar-refractivity contribution in [2.24, 2.45) is 0 Å².